The first kappa shape index (κ1) is 23.0. The Morgan fingerprint density at radius 3 is 2.23 bits per heavy atom. The van der Waals surface area contributed by atoms with E-state index >= 15 is 0 Å². The van der Waals surface area contributed by atoms with Crippen LogP contribution < -0.4 is 10.6 Å². The fourth-order valence-electron chi connectivity index (χ4n) is 3.80. The molecule has 2 amide bonds. The second kappa shape index (κ2) is 10.1. The van der Waals surface area contributed by atoms with Crippen LogP contribution >= 0.6 is 0 Å². The van der Waals surface area contributed by atoms with Gasteiger partial charge in [0.25, 0.3) is 0 Å². The van der Waals surface area contributed by atoms with Crippen LogP contribution in [0.2, 0.25) is 0 Å². The van der Waals surface area contributed by atoms with E-state index < -0.39 is 10.0 Å². The van der Waals surface area contributed by atoms with Crippen molar-refractivity contribution in [2.45, 2.75) is 44.0 Å². The van der Waals surface area contributed by atoms with Crippen molar-refractivity contribution in [1.29, 1.82) is 0 Å². The molecule has 0 aliphatic carbocycles. The minimum absolute atomic E-state index is 0.00813. The Morgan fingerprint density at radius 1 is 1.03 bits per heavy atom. The Balaban J connectivity index is 1.51. The van der Waals surface area contributed by atoms with Crippen LogP contribution in [0.4, 0.5) is 5.69 Å². The average molecular weight is 444 g/mol. The van der Waals surface area contributed by atoms with Crippen LogP contribution in [-0.2, 0) is 19.6 Å². The van der Waals surface area contributed by atoms with E-state index in [0.717, 1.165) is 5.56 Å². The Morgan fingerprint density at radius 2 is 1.65 bits per heavy atom. The van der Waals surface area contributed by atoms with Crippen LogP contribution in [0.25, 0.3) is 0 Å². The van der Waals surface area contributed by atoms with Gasteiger partial charge in [-0.25, -0.2) is 8.42 Å². The zero-order valence-corrected chi connectivity index (χ0v) is 18.7. The first-order chi connectivity index (χ1) is 14.8. The summed E-state index contributed by atoms with van der Waals surface area (Å²) < 4.78 is 27.3. The quantitative estimate of drug-likeness (QED) is 0.686. The molecule has 0 spiro atoms. The molecular weight excluding hydrogens is 414 g/mol. The van der Waals surface area contributed by atoms with E-state index in [1.807, 2.05) is 37.3 Å². The molecule has 2 aromatic carbocycles. The molecule has 0 aromatic heterocycles. The van der Waals surface area contributed by atoms with Gasteiger partial charge < -0.3 is 10.6 Å². The molecule has 1 heterocycles. The molecule has 0 radical (unpaired) electrons. The van der Waals surface area contributed by atoms with E-state index in [1.54, 1.807) is 12.1 Å². The summed E-state index contributed by atoms with van der Waals surface area (Å²) in [5.74, 6) is -0.0531. The molecule has 0 saturated carbocycles. The van der Waals surface area contributed by atoms with Crippen molar-refractivity contribution in [3.8, 4) is 0 Å². The van der Waals surface area contributed by atoms with Gasteiger partial charge in [-0.1, -0.05) is 30.3 Å². The van der Waals surface area contributed by atoms with Crippen molar-refractivity contribution in [1.82, 2.24) is 9.62 Å². The number of benzene rings is 2. The molecule has 8 heteroatoms. The lowest BCUT2D eigenvalue weighted by molar-refractivity contribution is -0.123. The summed E-state index contributed by atoms with van der Waals surface area (Å²) in [7, 11) is -3.59. The maximum Gasteiger partial charge on any atom is 0.243 e. The number of nitrogens with one attached hydrogen (secondary N) is 2. The highest BCUT2D eigenvalue weighted by Crippen LogP contribution is 2.26. The van der Waals surface area contributed by atoms with Gasteiger partial charge in [-0.2, -0.15) is 4.31 Å². The second-order valence-corrected chi connectivity index (χ2v) is 9.89. The van der Waals surface area contributed by atoms with Crippen LogP contribution in [0.1, 0.15) is 44.7 Å². The number of amides is 2. The molecule has 2 N–H and O–H groups in total. The molecule has 2 aromatic rings. The monoisotopic (exact) mass is 443 g/mol. The van der Waals surface area contributed by atoms with Crippen LogP contribution in [0.15, 0.2) is 59.5 Å². The lowest BCUT2D eigenvalue weighted by Crippen LogP contribution is -2.39. The van der Waals surface area contributed by atoms with Gasteiger partial charge in [-0.05, 0) is 55.5 Å². The Labute approximate surface area is 183 Å². The lowest BCUT2D eigenvalue weighted by Gasteiger charge is -2.31. The summed E-state index contributed by atoms with van der Waals surface area (Å²) >= 11 is 0. The second-order valence-electron chi connectivity index (χ2n) is 7.96. The zero-order chi connectivity index (χ0) is 22.4. The summed E-state index contributed by atoms with van der Waals surface area (Å²) in [6, 6.07) is 15.9. The van der Waals surface area contributed by atoms with Crippen molar-refractivity contribution < 1.29 is 18.0 Å². The molecular formula is C23H29N3O4S. The number of sulfonamides is 1. The van der Waals surface area contributed by atoms with Crippen molar-refractivity contribution in [2.24, 2.45) is 5.92 Å². The standard InChI is InChI=1S/C23H29N3O4S/c1-17(20-6-4-3-5-7-20)24-23(28)16-19-12-14-26(15-13-19)31(29,30)22-10-8-21(9-11-22)25-18(2)27/h3-11,17,19H,12-16H2,1-2H3,(H,24,28)(H,25,27)/t17-/m0/s1. The van der Waals surface area contributed by atoms with Crippen molar-refractivity contribution in [3.05, 3.63) is 60.2 Å². The highest BCUT2D eigenvalue weighted by atomic mass is 32.2. The fraction of sp³-hybridized carbons (Fsp3) is 0.391. The Kier molecular flexibility index (Phi) is 7.46. The predicted octanol–water partition coefficient (Wildman–Crippen LogP) is 3.31. The van der Waals surface area contributed by atoms with Crippen LogP contribution in [0.5, 0.6) is 0 Å². The van der Waals surface area contributed by atoms with Crippen molar-refractivity contribution in [3.63, 3.8) is 0 Å². The molecule has 166 valence electrons. The number of piperidine rings is 1. The van der Waals surface area contributed by atoms with Gasteiger partial charge in [-0.3, -0.25) is 9.59 Å². The molecule has 1 atom stereocenters. The smallest absolute Gasteiger partial charge is 0.243 e. The maximum atomic E-state index is 12.9. The minimum Gasteiger partial charge on any atom is -0.350 e. The predicted molar refractivity (Wildman–Crippen MR) is 120 cm³/mol. The van der Waals surface area contributed by atoms with E-state index in [0.29, 0.717) is 38.0 Å². The van der Waals surface area contributed by atoms with Crippen LogP contribution in [0.3, 0.4) is 0 Å². The molecule has 1 aliphatic rings. The maximum absolute atomic E-state index is 12.9. The number of anilines is 1. The number of carbonyl (C=O) groups excluding carboxylic acids is 2. The SMILES string of the molecule is CC(=O)Nc1ccc(S(=O)(=O)N2CCC(CC(=O)N[C@@H](C)c3ccccc3)CC2)cc1. The van der Waals surface area contributed by atoms with E-state index in [-0.39, 0.29) is 28.7 Å². The highest BCUT2D eigenvalue weighted by molar-refractivity contribution is 7.89. The van der Waals surface area contributed by atoms with Crippen LogP contribution in [-0.4, -0.2) is 37.6 Å². The number of hydrogen-bond donors (Lipinski definition) is 2. The van der Waals surface area contributed by atoms with Gasteiger partial charge in [-0.15, -0.1) is 0 Å². The van der Waals surface area contributed by atoms with E-state index in [9.17, 15) is 18.0 Å². The summed E-state index contributed by atoms with van der Waals surface area (Å²) in [4.78, 5) is 23.7. The molecule has 1 saturated heterocycles. The molecule has 7 nitrogen and oxygen atoms in total. The minimum atomic E-state index is -3.59. The summed E-state index contributed by atoms with van der Waals surface area (Å²) in [6.45, 7) is 4.14. The van der Waals surface area contributed by atoms with E-state index in [4.69, 9.17) is 0 Å². The number of carbonyl (C=O) groups is 2. The third-order valence-electron chi connectivity index (χ3n) is 5.54. The van der Waals surface area contributed by atoms with E-state index in [1.165, 1.54) is 23.4 Å². The average Bonchev–Trinajstić information content (AvgIpc) is 2.74. The van der Waals surface area contributed by atoms with Gasteiger partial charge in [0.2, 0.25) is 21.8 Å². The van der Waals surface area contributed by atoms with Crippen molar-refractivity contribution >= 4 is 27.5 Å². The van der Waals surface area contributed by atoms with Crippen LogP contribution in [0, 0.1) is 5.92 Å². The number of hydrogen-bond acceptors (Lipinski definition) is 4. The molecule has 1 aliphatic heterocycles. The number of rotatable bonds is 7. The largest absolute Gasteiger partial charge is 0.350 e. The summed E-state index contributed by atoms with van der Waals surface area (Å²) in [5.41, 5.74) is 1.61. The highest BCUT2D eigenvalue weighted by Gasteiger charge is 2.30. The molecule has 3 rings (SSSR count). The molecule has 0 unspecified atom stereocenters. The molecule has 31 heavy (non-hydrogen) atoms. The zero-order valence-electron chi connectivity index (χ0n) is 17.9. The Hall–Kier alpha value is -2.71. The molecule has 1 fully saturated rings. The Bertz CT molecular complexity index is 999. The normalized spacial score (nSPS) is 16.5. The summed E-state index contributed by atoms with van der Waals surface area (Å²) in [6.07, 6.45) is 1.70. The van der Waals surface area contributed by atoms with Gasteiger partial charge in [0.1, 0.15) is 0 Å². The van der Waals surface area contributed by atoms with Gasteiger partial charge in [0.05, 0.1) is 10.9 Å². The van der Waals surface area contributed by atoms with E-state index in [2.05, 4.69) is 10.6 Å². The van der Waals surface area contributed by atoms with Gasteiger partial charge in [0.15, 0.2) is 0 Å². The first-order valence-electron chi connectivity index (χ1n) is 10.5. The number of nitrogens with zero attached hydrogens (tertiary/aromatic N) is 1. The van der Waals surface area contributed by atoms with Crippen molar-refractivity contribution in [2.75, 3.05) is 18.4 Å². The van der Waals surface area contributed by atoms with Gasteiger partial charge >= 0.3 is 0 Å². The fourth-order valence-corrected chi connectivity index (χ4v) is 5.27. The summed E-state index contributed by atoms with van der Waals surface area (Å²) in [5, 5.41) is 5.65. The molecule has 0 bridgehead atoms. The van der Waals surface area contributed by atoms with Gasteiger partial charge in [0, 0.05) is 32.1 Å². The third kappa shape index (κ3) is 6.15. The lowest BCUT2D eigenvalue weighted by atomic mass is 9.94. The topological polar surface area (TPSA) is 95.6 Å². The third-order valence-corrected chi connectivity index (χ3v) is 7.45. The first-order valence-corrected chi connectivity index (χ1v) is 11.9.